The van der Waals surface area contributed by atoms with Gasteiger partial charge in [0.15, 0.2) is 0 Å². The van der Waals surface area contributed by atoms with Crippen molar-refractivity contribution in [2.75, 3.05) is 5.73 Å². The largest absolute Gasteiger partial charge is 0.457 e. The summed E-state index contributed by atoms with van der Waals surface area (Å²) in [5.74, 6) is 1.48. The Morgan fingerprint density at radius 1 is 1.20 bits per heavy atom. The average molecular weight is 380 g/mol. The van der Waals surface area contributed by atoms with Gasteiger partial charge in [0.2, 0.25) is 6.41 Å². The van der Waals surface area contributed by atoms with Gasteiger partial charge in [0.25, 0.3) is 0 Å². The van der Waals surface area contributed by atoms with Crippen LogP contribution < -0.4 is 10.5 Å². The predicted molar refractivity (Wildman–Crippen MR) is 85.9 cm³/mol. The van der Waals surface area contributed by atoms with Gasteiger partial charge in [-0.2, -0.15) is 0 Å². The molecule has 0 bridgehead atoms. The van der Waals surface area contributed by atoms with Gasteiger partial charge in [0.1, 0.15) is 11.5 Å². The number of carbonyl (C=O) groups is 1. The summed E-state index contributed by atoms with van der Waals surface area (Å²) in [6.07, 6.45) is 0.820. The molecule has 102 valence electrons. The highest BCUT2D eigenvalue weighted by Gasteiger charge is 2.30. The van der Waals surface area contributed by atoms with E-state index in [-0.39, 0.29) is 6.04 Å². The van der Waals surface area contributed by atoms with Crippen LogP contribution in [0.1, 0.15) is 22.7 Å². The Kier molecular flexibility index (Phi) is 3.29. The first kappa shape index (κ1) is 13.2. The second-order valence-corrected chi connectivity index (χ2v) is 5.91. The first-order chi connectivity index (χ1) is 9.60. The van der Waals surface area contributed by atoms with Crippen molar-refractivity contribution in [2.45, 2.75) is 13.0 Å². The summed E-state index contributed by atoms with van der Waals surface area (Å²) in [4.78, 5) is 11.2. The molecule has 5 heteroatoms. The third-order valence-corrected chi connectivity index (χ3v) is 4.15. The molecule has 0 spiro atoms. The molecule has 1 atom stereocenters. The van der Waals surface area contributed by atoms with Gasteiger partial charge in [0, 0.05) is 22.9 Å². The van der Waals surface area contributed by atoms with Crippen LogP contribution in [-0.2, 0) is 4.79 Å². The normalized spacial score (nSPS) is 15.8. The summed E-state index contributed by atoms with van der Waals surface area (Å²) in [5, 5.41) is 0. The van der Waals surface area contributed by atoms with Gasteiger partial charge in [-0.05, 0) is 24.6 Å². The predicted octanol–water partition coefficient (Wildman–Crippen LogP) is 3.58. The zero-order valence-electron chi connectivity index (χ0n) is 10.8. The molecule has 1 aliphatic heterocycles. The van der Waals surface area contributed by atoms with Gasteiger partial charge in [-0.15, -0.1) is 0 Å². The van der Waals surface area contributed by atoms with Crippen LogP contribution in [0.15, 0.2) is 36.4 Å². The fourth-order valence-corrected chi connectivity index (χ4v) is 3.03. The lowest BCUT2D eigenvalue weighted by molar-refractivity contribution is -0.113. The molecule has 1 unspecified atom stereocenters. The summed E-state index contributed by atoms with van der Waals surface area (Å²) >= 11 is 2.01. The SMILES string of the molecule is Cc1ccc2c(c1)Oc1cc(N)ccc1C2N(I)C=O. The van der Waals surface area contributed by atoms with Gasteiger partial charge < -0.3 is 10.5 Å². The van der Waals surface area contributed by atoms with E-state index in [0.717, 1.165) is 28.8 Å². The number of halogens is 1. The number of rotatable bonds is 2. The minimum absolute atomic E-state index is 0.159. The van der Waals surface area contributed by atoms with Gasteiger partial charge in [-0.25, -0.2) is 0 Å². The lowest BCUT2D eigenvalue weighted by Crippen LogP contribution is -2.22. The lowest BCUT2D eigenvalue weighted by atomic mass is 9.93. The number of ether oxygens (including phenoxy) is 1. The molecule has 0 saturated heterocycles. The molecule has 1 heterocycles. The minimum atomic E-state index is -0.159. The molecule has 0 saturated carbocycles. The molecular formula is C15H13IN2O2. The van der Waals surface area contributed by atoms with Crippen LogP contribution in [0.4, 0.5) is 5.69 Å². The highest BCUT2D eigenvalue weighted by molar-refractivity contribution is 14.1. The first-order valence-electron chi connectivity index (χ1n) is 6.17. The Morgan fingerprint density at radius 2 is 1.85 bits per heavy atom. The van der Waals surface area contributed by atoms with Crippen molar-refractivity contribution in [1.82, 2.24) is 3.11 Å². The summed E-state index contributed by atoms with van der Waals surface area (Å²) in [7, 11) is 0. The monoisotopic (exact) mass is 380 g/mol. The van der Waals surface area contributed by atoms with Crippen LogP contribution in [-0.4, -0.2) is 9.52 Å². The van der Waals surface area contributed by atoms with E-state index in [1.165, 1.54) is 0 Å². The Labute approximate surface area is 131 Å². The van der Waals surface area contributed by atoms with Crippen LogP contribution in [0.25, 0.3) is 0 Å². The van der Waals surface area contributed by atoms with E-state index < -0.39 is 0 Å². The number of benzene rings is 2. The number of hydrogen-bond acceptors (Lipinski definition) is 3. The van der Waals surface area contributed by atoms with Crippen LogP contribution in [0.2, 0.25) is 0 Å². The van der Waals surface area contributed by atoms with Gasteiger partial charge in [0.05, 0.1) is 28.9 Å². The Bertz CT molecular complexity index is 636. The molecule has 3 rings (SSSR count). The highest BCUT2D eigenvalue weighted by atomic mass is 127. The first-order valence-corrected chi connectivity index (χ1v) is 7.14. The summed E-state index contributed by atoms with van der Waals surface area (Å²) < 4.78 is 7.55. The third-order valence-electron chi connectivity index (χ3n) is 3.36. The maximum atomic E-state index is 11.2. The van der Waals surface area contributed by atoms with E-state index >= 15 is 0 Å². The van der Waals surface area contributed by atoms with Crippen molar-refractivity contribution >= 4 is 35.0 Å². The second-order valence-electron chi connectivity index (χ2n) is 4.79. The number of aryl methyl sites for hydroxylation is 1. The molecule has 1 amide bonds. The Morgan fingerprint density at radius 3 is 2.55 bits per heavy atom. The number of nitrogen functional groups attached to an aromatic ring is 1. The van der Waals surface area contributed by atoms with Crippen LogP contribution in [0, 0.1) is 6.92 Å². The van der Waals surface area contributed by atoms with Crippen LogP contribution in [0.5, 0.6) is 11.5 Å². The molecule has 4 nitrogen and oxygen atoms in total. The van der Waals surface area contributed by atoms with Crippen LogP contribution in [0.3, 0.4) is 0 Å². The molecule has 0 aromatic heterocycles. The fourth-order valence-electron chi connectivity index (χ4n) is 2.43. The van der Waals surface area contributed by atoms with Crippen molar-refractivity contribution < 1.29 is 9.53 Å². The lowest BCUT2D eigenvalue weighted by Gasteiger charge is -2.31. The summed E-state index contributed by atoms with van der Waals surface area (Å²) in [6, 6.07) is 11.4. The van der Waals surface area contributed by atoms with Crippen molar-refractivity contribution in [3.8, 4) is 11.5 Å². The zero-order chi connectivity index (χ0) is 14.3. The van der Waals surface area contributed by atoms with Crippen molar-refractivity contribution in [3.05, 3.63) is 53.1 Å². The maximum absolute atomic E-state index is 11.2. The molecule has 0 aliphatic carbocycles. The standard InChI is InChI=1S/C15H13IN2O2/c1-9-2-4-11-13(6-9)20-14-7-10(17)3-5-12(14)15(11)18(16)8-19/h2-8,15H,17H2,1H3. The van der Waals surface area contributed by atoms with Crippen molar-refractivity contribution in [1.29, 1.82) is 0 Å². The smallest absolute Gasteiger partial charge is 0.219 e. The number of nitrogens with two attached hydrogens (primary N) is 1. The van der Waals surface area contributed by atoms with Gasteiger partial charge in [-0.1, -0.05) is 18.2 Å². The number of hydrogen-bond donors (Lipinski definition) is 1. The zero-order valence-corrected chi connectivity index (χ0v) is 13.0. The molecule has 0 radical (unpaired) electrons. The quantitative estimate of drug-likeness (QED) is 0.375. The third kappa shape index (κ3) is 2.11. The van der Waals surface area contributed by atoms with E-state index in [2.05, 4.69) is 0 Å². The number of nitrogens with zero attached hydrogens (tertiary/aromatic N) is 1. The fraction of sp³-hybridized carbons (Fsp3) is 0.133. The Hall–Kier alpha value is -1.76. The number of fused-ring (bicyclic) bond motifs is 2. The maximum Gasteiger partial charge on any atom is 0.219 e. The topological polar surface area (TPSA) is 55.6 Å². The van der Waals surface area contributed by atoms with E-state index in [1.54, 1.807) is 9.18 Å². The summed E-state index contributed by atoms with van der Waals surface area (Å²) in [5.41, 5.74) is 9.50. The molecule has 1 aliphatic rings. The van der Waals surface area contributed by atoms with Gasteiger partial charge in [-0.3, -0.25) is 7.91 Å². The summed E-state index contributed by atoms with van der Waals surface area (Å²) in [6.45, 7) is 2.01. The molecule has 20 heavy (non-hydrogen) atoms. The second kappa shape index (κ2) is 4.97. The van der Waals surface area contributed by atoms with E-state index in [1.807, 2.05) is 60.1 Å². The number of anilines is 1. The molecular weight excluding hydrogens is 367 g/mol. The molecule has 2 aromatic rings. The molecule has 2 N–H and O–H groups in total. The van der Waals surface area contributed by atoms with E-state index in [9.17, 15) is 4.79 Å². The van der Waals surface area contributed by atoms with Crippen LogP contribution >= 0.6 is 22.9 Å². The number of amides is 1. The van der Waals surface area contributed by atoms with E-state index in [4.69, 9.17) is 10.5 Å². The van der Waals surface area contributed by atoms with Gasteiger partial charge >= 0.3 is 0 Å². The Balaban J connectivity index is 2.21. The van der Waals surface area contributed by atoms with Crippen molar-refractivity contribution in [3.63, 3.8) is 0 Å². The minimum Gasteiger partial charge on any atom is -0.457 e. The highest BCUT2D eigenvalue weighted by Crippen LogP contribution is 2.47. The van der Waals surface area contributed by atoms with E-state index in [0.29, 0.717) is 11.4 Å². The average Bonchev–Trinajstić information content (AvgIpc) is 2.43. The molecule has 2 aromatic carbocycles. The molecule has 0 fully saturated rings. The van der Waals surface area contributed by atoms with Crippen molar-refractivity contribution in [2.24, 2.45) is 0 Å². The number of carbonyl (C=O) groups excluding carboxylic acids is 1.